The van der Waals surface area contributed by atoms with Crippen LogP contribution >= 0.6 is 50.5 Å². The van der Waals surface area contributed by atoms with E-state index in [0.29, 0.717) is 57.7 Å². The highest BCUT2D eigenvalue weighted by Gasteiger charge is 2.34. The summed E-state index contributed by atoms with van der Waals surface area (Å²) < 4.78 is 19.2. The van der Waals surface area contributed by atoms with Gasteiger partial charge in [-0.15, -0.1) is 0 Å². The zero-order valence-electron chi connectivity index (χ0n) is 24.9. The largest absolute Gasteiger partial charge is 0.493 e. The summed E-state index contributed by atoms with van der Waals surface area (Å²) in [5.41, 5.74) is 2.11. The van der Waals surface area contributed by atoms with Crippen LogP contribution in [0.25, 0.3) is 6.08 Å². The van der Waals surface area contributed by atoms with Crippen LogP contribution in [0.3, 0.4) is 0 Å². The van der Waals surface area contributed by atoms with Crippen molar-refractivity contribution in [1.29, 1.82) is 0 Å². The Morgan fingerprint density at radius 2 is 1.93 bits per heavy atom. The molecule has 0 radical (unpaired) electrons. The molecule has 0 fully saturated rings. The molecule has 10 nitrogen and oxygen atoms in total. The predicted molar refractivity (Wildman–Crippen MR) is 180 cm³/mol. The van der Waals surface area contributed by atoms with E-state index in [0.717, 1.165) is 16.9 Å². The first-order valence-corrected chi connectivity index (χ1v) is 16.2. The first-order valence-electron chi connectivity index (χ1n) is 13.8. The molecule has 5 rings (SSSR count). The number of esters is 1. The summed E-state index contributed by atoms with van der Waals surface area (Å²) in [6.07, 6.45) is 1.68. The lowest BCUT2D eigenvalue weighted by Crippen LogP contribution is -2.40. The number of allylic oxidation sites excluding steroid dienone is 1. The predicted octanol–water partition coefficient (Wildman–Crippen LogP) is 6.67. The molecule has 0 saturated heterocycles. The van der Waals surface area contributed by atoms with E-state index in [1.807, 2.05) is 0 Å². The van der Waals surface area contributed by atoms with E-state index in [2.05, 4.69) is 20.9 Å². The lowest BCUT2D eigenvalue weighted by Gasteiger charge is -2.24. The van der Waals surface area contributed by atoms with Crippen LogP contribution in [0.2, 0.25) is 10.0 Å². The Hall–Kier alpha value is -3.97. The first-order chi connectivity index (χ1) is 21.9. The second-order valence-electron chi connectivity index (χ2n) is 10.2. The molecular weight excluding hydrogens is 721 g/mol. The number of halogens is 3. The molecule has 3 aromatic carbocycles. The molecule has 1 aliphatic heterocycles. The summed E-state index contributed by atoms with van der Waals surface area (Å²) in [5, 5.41) is 12.8. The Morgan fingerprint density at radius 3 is 2.61 bits per heavy atom. The molecule has 14 heteroatoms. The summed E-state index contributed by atoms with van der Waals surface area (Å²) in [5.74, 6) is 0.182. The van der Waals surface area contributed by atoms with E-state index >= 15 is 0 Å². The zero-order valence-corrected chi connectivity index (χ0v) is 28.8. The van der Waals surface area contributed by atoms with Crippen LogP contribution in [0.1, 0.15) is 42.1 Å². The van der Waals surface area contributed by atoms with E-state index in [-0.39, 0.29) is 24.5 Å². The van der Waals surface area contributed by atoms with Crippen LogP contribution in [0, 0.1) is 17.0 Å². The quantitative estimate of drug-likeness (QED) is 0.107. The number of hydrogen-bond donors (Lipinski definition) is 0. The monoisotopic (exact) mass is 745 g/mol. The number of aromatic nitrogens is 1. The van der Waals surface area contributed by atoms with Crippen molar-refractivity contribution >= 4 is 68.2 Å². The Balaban J connectivity index is 1.60. The van der Waals surface area contributed by atoms with Crippen molar-refractivity contribution in [2.24, 2.45) is 4.99 Å². The molecule has 0 bridgehead atoms. The fourth-order valence-corrected chi connectivity index (χ4v) is 7.09. The molecule has 0 N–H and O–H groups in total. The van der Waals surface area contributed by atoms with E-state index in [9.17, 15) is 19.7 Å². The van der Waals surface area contributed by atoms with Gasteiger partial charge in [0.25, 0.3) is 11.2 Å². The van der Waals surface area contributed by atoms with Crippen molar-refractivity contribution in [2.75, 3.05) is 13.7 Å². The van der Waals surface area contributed by atoms with E-state index < -0.39 is 22.5 Å². The van der Waals surface area contributed by atoms with Gasteiger partial charge in [0.15, 0.2) is 16.3 Å². The normalized spacial score (nSPS) is 14.5. The van der Waals surface area contributed by atoms with Crippen LogP contribution in [0.4, 0.5) is 5.69 Å². The maximum Gasteiger partial charge on any atom is 0.338 e. The van der Waals surface area contributed by atoms with Gasteiger partial charge in [-0.25, -0.2) is 9.79 Å². The Kier molecular flexibility index (Phi) is 10.0. The molecule has 4 aromatic rings. The minimum absolute atomic E-state index is 0.101. The maximum absolute atomic E-state index is 14.0. The van der Waals surface area contributed by atoms with E-state index in [4.69, 9.17) is 37.4 Å². The van der Waals surface area contributed by atoms with Crippen LogP contribution in [0.15, 0.2) is 74.1 Å². The van der Waals surface area contributed by atoms with Gasteiger partial charge in [-0.3, -0.25) is 19.5 Å². The fourth-order valence-electron chi connectivity index (χ4n) is 5.00. The number of nitro groups is 1. The van der Waals surface area contributed by atoms with Gasteiger partial charge in [-0.05, 0) is 78.2 Å². The third-order valence-corrected chi connectivity index (χ3v) is 9.36. The third kappa shape index (κ3) is 6.61. The van der Waals surface area contributed by atoms with Gasteiger partial charge in [0.2, 0.25) is 0 Å². The van der Waals surface area contributed by atoms with Gasteiger partial charge in [0.1, 0.15) is 6.61 Å². The van der Waals surface area contributed by atoms with Gasteiger partial charge >= 0.3 is 5.97 Å². The van der Waals surface area contributed by atoms with Crippen molar-refractivity contribution in [3.8, 4) is 11.5 Å². The fraction of sp³-hybridized carbons (Fsp3) is 0.219. The average Bonchev–Trinajstić information content (AvgIpc) is 3.30. The second-order valence-corrected chi connectivity index (χ2v) is 12.9. The Bertz CT molecular complexity index is 2110. The van der Waals surface area contributed by atoms with Gasteiger partial charge in [0, 0.05) is 27.2 Å². The molecule has 0 amide bonds. The number of methoxy groups -OCH3 is 1. The van der Waals surface area contributed by atoms with Crippen molar-refractivity contribution in [3.05, 3.63) is 126 Å². The first kappa shape index (κ1) is 33.4. The Labute approximate surface area is 285 Å². The zero-order chi connectivity index (χ0) is 33.3. The molecule has 0 unspecified atom stereocenters. The molecule has 1 aromatic heterocycles. The molecule has 2 heterocycles. The molecule has 238 valence electrons. The highest BCUT2D eigenvalue weighted by atomic mass is 79.9. The summed E-state index contributed by atoms with van der Waals surface area (Å²) >= 11 is 17.0. The standard InChI is InChI=1S/C32H26BrCl2N3O7S/c1-5-44-31(40)27-17(3)36-32-37(28(27)19-7-6-16(2)24(13-19)38(41)42)30(39)26(46-32)12-18-10-22(33)29(25(11-18)43-4)45-15-20-8-9-21(34)14-23(20)35/h6-14,28H,5,15H2,1-4H3/b26-12+/t28-/m1/s1. The lowest BCUT2D eigenvalue weighted by molar-refractivity contribution is -0.385. The van der Waals surface area contributed by atoms with Crippen LogP contribution in [0.5, 0.6) is 11.5 Å². The molecule has 0 saturated carbocycles. The number of nitro benzene ring substituents is 1. The topological polar surface area (TPSA) is 122 Å². The van der Waals surface area contributed by atoms with Gasteiger partial charge < -0.3 is 14.2 Å². The summed E-state index contributed by atoms with van der Waals surface area (Å²) in [4.78, 5) is 43.4. The van der Waals surface area contributed by atoms with Crippen molar-refractivity contribution in [1.82, 2.24) is 4.57 Å². The van der Waals surface area contributed by atoms with Gasteiger partial charge in [0.05, 0.1) is 45.0 Å². The number of nitrogens with zero attached hydrogens (tertiary/aromatic N) is 3. The van der Waals surface area contributed by atoms with Crippen molar-refractivity contribution in [3.63, 3.8) is 0 Å². The minimum Gasteiger partial charge on any atom is -0.493 e. The molecule has 46 heavy (non-hydrogen) atoms. The van der Waals surface area contributed by atoms with Crippen LogP contribution < -0.4 is 24.4 Å². The molecule has 0 spiro atoms. The number of carbonyl (C=O) groups is 1. The van der Waals surface area contributed by atoms with Crippen molar-refractivity contribution in [2.45, 2.75) is 33.4 Å². The lowest BCUT2D eigenvalue weighted by atomic mass is 9.94. The number of fused-ring (bicyclic) bond motifs is 1. The van der Waals surface area contributed by atoms with Gasteiger partial charge in [-0.1, -0.05) is 52.7 Å². The molecular formula is C32H26BrCl2N3O7S. The molecule has 1 atom stereocenters. The summed E-state index contributed by atoms with van der Waals surface area (Å²) in [6, 6.07) is 12.3. The molecule has 1 aliphatic rings. The number of aryl methyl sites for hydroxylation is 1. The smallest absolute Gasteiger partial charge is 0.338 e. The van der Waals surface area contributed by atoms with Crippen LogP contribution in [-0.4, -0.2) is 29.2 Å². The van der Waals surface area contributed by atoms with Crippen molar-refractivity contribution < 1.29 is 23.9 Å². The van der Waals surface area contributed by atoms with Crippen LogP contribution in [-0.2, 0) is 16.1 Å². The Morgan fingerprint density at radius 1 is 1.17 bits per heavy atom. The number of rotatable bonds is 9. The molecule has 0 aliphatic carbocycles. The average molecular weight is 747 g/mol. The van der Waals surface area contributed by atoms with Gasteiger partial charge in [-0.2, -0.15) is 0 Å². The number of carbonyl (C=O) groups excluding carboxylic acids is 1. The number of thiazole rings is 1. The second kappa shape index (κ2) is 13.8. The highest BCUT2D eigenvalue weighted by Crippen LogP contribution is 2.38. The number of benzene rings is 3. The third-order valence-electron chi connectivity index (χ3n) is 7.20. The van der Waals surface area contributed by atoms with E-state index in [1.54, 1.807) is 69.3 Å². The van der Waals surface area contributed by atoms with E-state index in [1.165, 1.54) is 17.7 Å². The summed E-state index contributed by atoms with van der Waals surface area (Å²) in [6.45, 7) is 5.20. The number of hydrogen-bond acceptors (Lipinski definition) is 9. The number of ether oxygens (including phenoxy) is 3. The minimum atomic E-state index is -0.992. The highest BCUT2D eigenvalue weighted by molar-refractivity contribution is 9.10. The SMILES string of the molecule is CCOC(=O)C1=C(C)N=c2s/c(=C/c3cc(Br)c(OCc4ccc(Cl)cc4Cl)c(OC)c3)c(=O)n2[C@@H]1c1ccc(C)c([N+](=O)[O-])c1. The maximum atomic E-state index is 14.0. The summed E-state index contributed by atoms with van der Waals surface area (Å²) in [7, 11) is 1.50.